The Bertz CT molecular complexity index is 368. The molecule has 0 radical (unpaired) electrons. The second-order valence-corrected chi connectivity index (χ2v) is 2.45. The third kappa shape index (κ3) is 1.21. The zero-order valence-corrected chi connectivity index (χ0v) is 6.29. The number of aromatic nitrogens is 2. The van der Waals surface area contributed by atoms with E-state index in [1.165, 1.54) is 12.1 Å². The van der Waals surface area contributed by atoms with Crippen LogP contribution in [0, 0.1) is 5.82 Å². The third-order valence-electron chi connectivity index (χ3n) is 1.60. The number of aromatic amines is 1. The first-order chi connectivity index (χ1) is 5.86. The van der Waals surface area contributed by atoms with Gasteiger partial charge in [0.05, 0.1) is 0 Å². The number of H-pyrrole nitrogens is 1. The summed E-state index contributed by atoms with van der Waals surface area (Å²) in [4.78, 5) is 6.91. The van der Waals surface area contributed by atoms with Gasteiger partial charge >= 0.3 is 0 Å². The lowest BCUT2D eigenvalue weighted by atomic mass is 10.2. The largest absolute Gasteiger partial charge is 0.345 e. The Morgan fingerprint density at radius 2 is 2.25 bits per heavy atom. The molecule has 0 spiro atoms. The molecule has 1 aromatic carbocycles. The highest BCUT2D eigenvalue weighted by Crippen LogP contribution is 2.14. The second-order valence-electron chi connectivity index (χ2n) is 2.45. The quantitative estimate of drug-likeness (QED) is 0.684. The molecule has 0 amide bonds. The molecule has 2 rings (SSSR count). The van der Waals surface area contributed by atoms with Gasteiger partial charge in [-0.3, -0.25) is 0 Å². The predicted octanol–water partition coefficient (Wildman–Crippen LogP) is 2.22. The smallest absolute Gasteiger partial charge is 0.137 e. The summed E-state index contributed by atoms with van der Waals surface area (Å²) in [7, 11) is 0. The van der Waals surface area contributed by atoms with Crippen molar-refractivity contribution in [2.75, 3.05) is 0 Å². The van der Waals surface area contributed by atoms with Crippen molar-refractivity contribution in [2.24, 2.45) is 0 Å². The highest BCUT2D eigenvalue weighted by atomic mass is 19.1. The van der Waals surface area contributed by atoms with Crippen LogP contribution in [-0.2, 0) is 0 Å². The lowest BCUT2D eigenvalue weighted by Gasteiger charge is -1.94. The molecule has 2 nitrogen and oxygen atoms in total. The number of rotatable bonds is 1. The molecule has 0 saturated carbocycles. The Kier molecular flexibility index (Phi) is 1.63. The van der Waals surface area contributed by atoms with E-state index in [0.29, 0.717) is 5.82 Å². The molecule has 0 saturated heterocycles. The van der Waals surface area contributed by atoms with E-state index in [-0.39, 0.29) is 5.82 Å². The van der Waals surface area contributed by atoms with Crippen LogP contribution in [0.3, 0.4) is 0 Å². The molecule has 0 bridgehead atoms. The fourth-order valence-corrected chi connectivity index (χ4v) is 1.06. The van der Waals surface area contributed by atoms with Gasteiger partial charge in [-0.2, -0.15) is 0 Å². The summed E-state index contributed by atoms with van der Waals surface area (Å²) in [6, 6.07) is 6.32. The van der Waals surface area contributed by atoms with Gasteiger partial charge in [0, 0.05) is 18.0 Å². The molecule has 0 atom stereocenters. The Morgan fingerprint density at radius 3 is 2.92 bits per heavy atom. The molecule has 1 N–H and O–H groups in total. The van der Waals surface area contributed by atoms with Gasteiger partial charge < -0.3 is 4.98 Å². The van der Waals surface area contributed by atoms with Crippen LogP contribution >= 0.6 is 0 Å². The molecule has 0 aliphatic rings. The van der Waals surface area contributed by atoms with Crippen LogP contribution in [0.25, 0.3) is 11.4 Å². The highest BCUT2D eigenvalue weighted by Gasteiger charge is 1.99. The minimum atomic E-state index is -0.246. The second kappa shape index (κ2) is 2.77. The zero-order chi connectivity index (χ0) is 8.39. The number of hydrogen-bond donors (Lipinski definition) is 1. The van der Waals surface area contributed by atoms with E-state index in [1.807, 2.05) is 6.07 Å². The summed E-state index contributed by atoms with van der Waals surface area (Å²) in [6.07, 6.45) is 3.35. The first-order valence-electron chi connectivity index (χ1n) is 3.61. The molecule has 12 heavy (non-hydrogen) atoms. The average molecular weight is 162 g/mol. The maximum atomic E-state index is 12.7. The minimum absolute atomic E-state index is 0.246. The topological polar surface area (TPSA) is 28.7 Å². The SMILES string of the molecule is Fc1cccc(-c2ncc[nH]2)c1. The van der Waals surface area contributed by atoms with Crippen LogP contribution in [-0.4, -0.2) is 9.97 Å². The first-order valence-corrected chi connectivity index (χ1v) is 3.61. The molecular weight excluding hydrogens is 155 g/mol. The Morgan fingerprint density at radius 1 is 1.33 bits per heavy atom. The normalized spacial score (nSPS) is 10.1. The number of benzene rings is 1. The standard InChI is InChI=1S/C9H7FN2/c10-8-3-1-2-7(6-8)9-11-4-5-12-9/h1-6H,(H,11,12). The van der Waals surface area contributed by atoms with Gasteiger partial charge in [0.1, 0.15) is 11.6 Å². The summed E-state index contributed by atoms with van der Waals surface area (Å²) in [5, 5.41) is 0. The number of hydrogen-bond acceptors (Lipinski definition) is 1. The van der Waals surface area contributed by atoms with Crippen molar-refractivity contribution in [3.8, 4) is 11.4 Å². The van der Waals surface area contributed by atoms with Crippen molar-refractivity contribution >= 4 is 0 Å². The van der Waals surface area contributed by atoms with E-state index in [9.17, 15) is 4.39 Å². The molecule has 0 unspecified atom stereocenters. The highest BCUT2D eigenvalue weighted by molar-refractivity contribution is 5.54. The van der Waals surface area contributed by atoms with Crippen molar-refractivity contribution in [2.45, 2.75) is 0 Å². The number of nitrogens with one attached hydrogen (secondary N) is 1. The number of halogens is 1. The summed E-state index contributed by atoms with van der Waals surface area (Å²) in [5.74, 6) is 0.443. The zero-order valence-electron chi connectivity index (χ0n) is 6.29. The van der Waals surface area contributed by atoms with Crippen molar-refractivity contribution in [3.05, 3.63) is 42.5 Å². The Labute approximate surface area is 69.1 Å². The summed E-state index contributed by atoms with van der Waals surface area (Å²) < 4.78 is 12.7. The minimum Gasteiger partial charge on any atom is -0.345 e. The van der Waals surface area contributed by atoms with Crippen LogP contribution in [0.2, 0.25) is 0 Å². The van der Waals surface area contributed by atoms with E-state index in [1.54, 1.807) is 18.5 Å². The van der Waals surface area contributed by atoms with Crippen molar-refractivity contribution in [1.82, 2.24) is 9.97 Å². The van der Waals surface area contributed by atoms with E-state index >= 15 is 0 Å². The number of imidazole rings is 1. The lowest BCUT2D eigenvalue weighted by Crippen LogP contribution is -1.80. The van der Waals surface area contributed by atoms with Crippen LogP contribution < -0.4 is 0 Å². The number of nitrogens with zero attached hydrogens (tertiary/aromatic N) is 1. The fraction of sp³-hybridized carbons (Fsp3) is 0. The lowest BCUT2D eigenvalue weighted by molar-refractivity contribution is 0.628. The van der Waals surface area contributed by atoms with Crippen molar-refractivity contribution in [3.63, 3.8) is 0 Å². The molecule has 1 aromatic heterocycles. The predicted molar refractivity (Wildman–Crippen MR) is 44.0 cm³/mol. The molecule has 3 heteroatoms. The van der Waals surface area contributed by atoms with E-state index in [2.05, 4.69) is 9.97 Å². The van der Waals surface area contributed by atoms with Gasteiger partial charge in [-0.05, 0) is 12.1 Å². The van der Waals surface area contributed by atoms with Crippen molar-refractivity contribution in [1.29, 1.82) is 0 Å². The first kappa shape index (κ1) is 7.03. The molecule has 0 aliphatic heterocycles. The van der Waals surface area contributed by atoms with E-state index in [0.717, 1.165) is 5.56 Å². The molecule has 1 heterocycles. The average Bonchev–Trinajstić information content (AvgIpc) is 2.56. The molecule has 60 valence electrons. The fourth-order valence-electron chi connectivity index (χ4n) is 1.06. The monoisotopic (exact) mass is 162 g/mol. The Hall–Kier alpha value is -1.64. The van der Waals surface area contributed by atoms with E-state index < -0.39 is 0 Å². The van der Waals surface area contributed by atoms with Crippen LogP contribution in [0.5, 0.6) is 0 Å². The summed E-state index contributed by atoms with van der Waals surface area (Å²) >= 11 is 0. The van der Waals surface area contributed by atoms with Crippen LogP contribution in [0.4, 0.5) is 4.39 Å². The van der Waals surface area contributed by atoms with Gasteiger partial charge in [-0.15, -0.1) is 0 Å². The summed E-state index contributed by atoms with van der Waals surface area (Å²) in [5.41, 5.74) is 0.764. The van der Waals surface area contributed by atoms with Crippen molar-refractivity contribution < 1.29 is 4.39 Å². The maximum Gasteiger partial charge on any atom is 0.137 e. The van der Waals surface area contributed by atoms with E-state index in [4.69, 9.17) is 0 Å². The molecule has 0 fully saturated rings. The van der Waals surface area contributed by atoms with Gasteiger partial charge in [-0.25, -0.2) is 9.37 Å². The van der Waals surface area contributed by atoms with Crippen LogP contribution in [0.15, 0.2) is 36.7 Å². The Balaban J connectivity index is 2.48. The van der Waals surface area contributed by atoms with Gasteiger partial charge in [0.25, 0.3) is 0 Å². The van der Waals surface area contributed by atoms with Gasteiger partial charge in [-0.1, -0.05) is 12.1 Å². The third-order valence-corrected chi connectivity index (χ3v) is 1.60. The summed E-state index contributed by atoms with van der Waals surface area (Å²) in [6.45, 7) is 0. The maximum absolute atomic E-state index is 12.7. The van der Waals surface area contributed by atoms with Gasteiger partial charge in [0.15, 0.2) is 0 Å². The molecule has 0 aliphatic carbocycles. The molecular formula is C9H7FN2. The van der Waals surface area contributed by atoms with Gasteiger partial charge in [0.2, 0.25) is 0 Å². The van der Waals surface area contributed by atoms with Crippen LogP contribution in [0.1, 0.15) is 0 Å². The molecule has 2 aromatic rings.